The molecule has 0 aliphatic carbocycles. The minimum absolute atomic E-state index is 0.00746. The first-order chi connectivity index (χ1) is 19.7. The van der Waals surface area contributed by atoms with Crippen LogP contribution in [0.15, 0.2) is 36.8 Å². The number of ether oxygens (including phenoxy) is 1. The number of nitriles is 1. The predicted octanol–water partition coefficient (Wildman–Crippen LogP) is 3.13. The molecule has 6 atom stereocenters. The van der Waals surface area contributed by atoms with Gasteiger partial charge in [-0.3, -0.25) is 9.32 Å². The summed E-state index contributed by atoms with van der Waals surface area (Å²) in [4.78, 5) is 31.4. The number of nitrogen functional groups attached to an aromatic ring is 1. The number of aryl methyl sites for hydroxylation is 1. The molecule has 2 aromatic heterocycles. The Labute approximate surface area is 245 Å². The van der Waals surface area contributed by atoms with Crippen LogP contribution in [0.2, 0.25) is 0 Å². The van der Waals surface area contributed by atoms with Crippen LogP contribution in [0, 0.1) is 17.2 Å². The average Bonchev–Trinajstić information content (AvgIpc) is 3.45. The van der Waals surface area contributed by atoms with Crippen molar-refractivity contribution >= 4 is 42.2 Å². The van der Waals surface area contributed by atoms with Gasteiger partial charge in [0, 0.05) is 12.3 Å². The van der Waals surface area contributed by atoms with Crippen LogP contribution in [0.1, 0.15) is 38.4 Å². The number of Topliss-reactive ketones (excluding diaryl/α,β-unsaturated/α-hetero) is 2. The molecule has 3 aromatic rings. The molecule has 0 radical (unpaired) electrons. The number of nitrogens with two attached hydrogens (primary N) is 1. The number of halogens is 2. The minimum atomic E-state index is -4.20. The van der Waals surface area contributed by atoms with E-state index in [2.05, 4.69) is 15.1 Å². The molecule has 0 saturated carbocycles. The second-order valence-electron chi connectivity index (χ2n) is 10.0. The van der Waals surface area contributed by atoms with Gasteiger partial charge in [-0.25, -0.2) is 23.4 Å². The smallest absolute Gasteiger partial charge is 0.380 e. The minimum Gasteiger partial charge on any atom is -0.424 e. The van der Waals surface area contributed by atoms with Gasteiger partial charge in [0.15, 0.2) is 11.5 Å². The molecule has 2 unspecified atom stereocenters. The Bertz CT molecular complexity index is 1600. The van der Waals surface area contributed by atoms with Gasteiger partial charge < -0.3 is 24.9 Å². The topological polar surface area (TPSA) is 192 Å². The van der Waals surface area contributed by atoms with Gasteiger partial charge in [-0.15, -0.1) is 0 Å². The summed E-state index contributed by atoms with van der Waals surface area (Å²) in [5.41, 5.74) is 3.43. The number of ketones is 2. The van der Waals surface area contributed by atoms with Gasteiger partial charge in [0.25, 0.3) is 5.13 Å². The van der Waals surface area contributed by atoms with Crippen molar-refractivity contribution in [1.29, 1.82) is 5.26 Å². The number of carbonyl (C=O) groups excluding carboxylic acids is 2. The van der Waals surface area contributed by atoms with Crippen molar-refractivity contribution < 1.29 is 37.4 Å². The fraction of sp³-hybridized carbons (Fsp3) is 0.462. The number of fused-ring (bicyclic) bond motifs is 1. The largest absolute Gasteiger partial charge is 0.424 e. The lowest BCUT2D eigenvalue weighted by atomic mass is 9.93. The highest BCUT2D eigenvalue weighted by molar-refractivity contribution is 7.54. The first-order valence-corrected chi connectivity index (χ1v) is 15.0. The third kappa shape index (κ3) is 5.88. The fourth-order valence-corrected chi connectivity index (χ4v) is 6.76. The van der Waals surface area contributed by atoms with E-state index in [1.54, 1.807) is 24.3 Å². The summed E-state index contributed by atoms with van der Waals surface area (Å²) < 4.78 is 48.4. The second kappa shape index (κ2) is 12.0. The monoisotopic (exact) mass is 622 g/mol. The van der Waals surface area contributed by atoms with Crippen molar-refractivity contribution in [3.05, 3.63) is 48.0 Å². The van der Waals surface area contributed by atoms with Crippen molar-refractivity contribution in [3.8, 4) is 11.8 Å². The van der Waals surface area contributed by atoms with Crippen LogP contribution in [0.5, 0.6) is 5.75 Å². The number of aliphatic hydroxyl groups is 1. The molecule has 3 N–H and O–H groups in total. The lowest BCUT2D eigenvalue weighted by Gasteiger charge is -2.28. The van der Waals surface area contributed by atoms with Crippen LogP contribution >= 0.6 is 19.2 Å². The third-order valence-electron chi connectivity index (χ3n) is 6.95. The first kappa shape index (κ1) is 31.5. The Balaban J connectivity index is 1.64. The number of alkyl halides is 2. The summed E-state index contributed by atoms with van der Waals surface area (Å²) in [5.74, 6) is -1.01. The zero-order chi connectivity index (χ0) is 30.9. The molecule has 224 valence electrons. The molecule has 16 heteroatoms. The quantitative estimate of drug-likeness (QED) is 0.222. The van der Waals surface area contributed by atoms with Gasteiger partial charge in [0.05, 0.1) is 19.0 Å². The lowest BCUT2D eigenvalue weighted by Crippen LogP contribution is -2.46. The van der Waals surface area contributed by atoms with Crippen molar-refractivity contribution in [2.24, 2.45) is 5.92 Å². The Morgan fingerprint density at radius 3 is 2.74 bits per heavy atom. The third-order valence-corrected chi connectivity index (χ3v) is 9.46. The van der Waals surface area contributed by atoms with Crippen LogP contribution in [0.4, 0.5) is 10.2 Å². The summed E-state index contributed by atoms with van der Waals surface area (Å²) in [5, 5.41) is 21.7. The van der Waals surface area contributed by atoms with E-state index >= 15 is 4.39 Å². The van der Waals surface area contributed by atoms with Crippen molar-refractivity contribution in [3.63, 3.8) is 0 Å². The molecule has 0 bridgehead atoms. The van der Waals surface area contributed by atoms with E-state index in [9.17, 15) is 24.5 Å². The molecule has 4 rings (SSSR count). The zero-order valence-corrected chi connectivity index (χ0v) is 24.6. The van der Waals surface area contributed by atoms with E-state index in [0.717, 1.165) is 17.0 Å². The number of aliphatic hydroxyl groups excluding tert-OH is 1. The van der Waals surface area contributed by atoms with Crippen LogP contribution < -0.4 is 10.3 Å². The van der Waals surface area contributed by atoms with Crippen molar-refractivity contribution in [2.75, 3.05) is 18.5 Å². The number of anilines is 1. The molecule has 1 aliphatic rings. The Morgan fingerprint density at radius 2 is 2.07 bits per heavy atom. The number of hydrogen-bond donors (Lipinski definition) is 2. The highest BCUT2D eigenvalue weighted by Crippen LogP contribution is 2.55. The zero-order valence-electron chi connectivity index (χ0n) is 22.9. The number of nitrogens with zero attached hydrogens (tertiary/aromatic N) is 5. The molecule has 1 fully saturated rings. The van der Waals surface area contributed by atoms with Crippen LogP contribution in [0.25, 0.3) is 5.65 Å². The second-order valence-corrected chi connectivity index (χ2v) is 12.6. The molecule has 1 saturated heterocycles. The normalized spacial score (nSPS) is 25.9. The molecule has 13 nitrogen and oxygen atoms in total. The number of carbonyl (C=O) groups is 2. The molecule has 1 aliphatic heterocycles. The van der Waals surface area contributed by atoms with Gasteiger partial charge in [-0.2, -0.15) is 10.4 Å². The van der Waals surface area contributed by atoms with Crippen LogP contribution in [-0.4, -0.2) is 66.4 Å². The Hall–Kier alpha value is -3.47. The van der Waals surface area contributed by atoms with E-state index in [0.29, 0.717) is 12.0 Å². The summed E-state index contributed by atoms with van der Waals surface area (Å²) in [7, 11) is -4.20. The molecule has 0 spiro atoms. The van der Waals surface area contributed by atoms with Gasteiger partial charge in [0.2, 0.25) is 5.60 Å². The maximum absolute atomic E-state index is 16.1. The standard InChI is InChI=1S/C26H29ClFN6O7P/c1-15(17(3)36)12-42(38,41-19-7-5-4-6-18(19)9-8-16(2)35)39-11-20-22(37)26(27,28)25(13-29,40-20)21-10-31-24-23(30)32-14-33-34(21)24/h4-7,10,14-15,20,22,37H,8-9,11-12H2,1-3H3,(H2,30,32,33)/t15-,20-,22?,25+,26-,42?/m1/s1. The number of aromatic nitrogens is 4. The number of hydrogen-bond acceptors (Lipinski definition) is 12. The Kier molecular flexibility index (Phi) is 9.01. The molecule has 42 heavy (non-hydrogen) atoms. The molecule has 1 aromatic carbocycles. The van der Waals surface area contributed by atoms with Gasteiger partial charge >= 0.3 is 7.60 Å². The summed E-state index contributed by atoms with van der Waals surface area (Å²) in [6, 6.07) is 8.26. The van der Waals surface area contributed by atoms with E-state index < -0.39 is 43.1 Å². The first-order valence-electron chi connectivity index (χ1n) is 12.8. The number of imidazole rings is 1. The highest BCUT2D eigenvalue weighted by Gasteiger charge is 2.69. The van der Waals surface area contributed by atoms with Crippen LogP contribution in [-0.2, 0) is 35.4 Å². The number of benzene rings is 1. The summed E-state index contributed by atoms with van der Waals surface area (Å²) in [6.07, 6.45) is -1.53. The van der Waals surface area contributed by atoms with Crippen molar-refractivity contribution in [2.45, 2.75) is 56.5 Å². The van der Waals surface area contributed by atoms with E-state index in [1.807, 2.05) is 0 Å². The van der Waals surface area contributed by atoms with Gasteiger partial charge in [0.1, 0.15) is 47.6 Å². The predicted molar refractivity (Wildman–Crippen MR) is 147 cm³/mol. The van der Waals surface area contributed by atoms with E-state index in [1.165, 1.54) is 26.8 Å². The Morgan fingerprint density at radius 1 is 1.36 bits per heavy atom. The number of para-hydroxylation sites is 1. The summed E-state index contributed by atoms with van der Waals surface area (Å²) >= 11 is 6.15. The maximum Gasteiger partial charge on any atom is 0.380 e. The molecular formula is C26H29ClFN6O7P. The summed E-state index contributed by atoms with van der Waals surface area (Å²) in [6.45, 7) is 3.55. The van der Waals surface area contributed by atoms with E-state index in [4.69, 9.17) is 31.1 Å². The van der Waals surface area contributed by atoms with Crippen molar-refractivity contribution in [1.82, 2.24) is 19.6 Å². The average molecular weight is 623 g/mol. The number of rotatable bonds is 12. The maximum atomic E-state index is 16.1. The molecular weight excluding hydrogens is 594 g/mol. The SMILES string of the molecule is CC(=O)CCc1ccccc1OP(=O)(C[C@@H](C)C(C)=O)OC[C@H]1O[C@@](C#N)(c2cnc3c(N)ncnn23)[C@@](F)(Cl)C1O. The van der Waals surface area contributed by atoms with Gasteiger partial charge in [-0.1, -0.05) is 36.7 Å². The van der Waals surface area contributed by atoms with Gasteiger partial charge in [-0.05, 0) is 31.9 Å². The molecule has 3 heterocycles. The lowest BCUT2D eigenvalue weighted by molar-refractivity contribution is -0.120. The molecule has 0 amide bonds. The fourth-order valence-electron chi connectivity index (χ4n) is 4.43. The van der Waals surface area contributed by atoms with Crippen LogP contribution in [0.3, 0.4) is 0 Å². The van der Waals surface area contributed by atoms with E-state index in [-0.39, 0.29) is 47.1 Å². The highest BCUT2D eigenvalue weighted by atomic mass is 35.5.